The van der Waals surface area contributed by atoms with Crippen molar-refractivity contribution in [3.63, 3.8) is 0 Å². The molecule has 0 atom stereocenters. The van der Waals surface area contributed by atoms with Crippen molar-refractivity contribution in [2.24, 2.45) is 0 Å². The first-order valence-corrected chi connectivity index (χ1v) is 5.52. The zero-order chi connectivity index (χ0) is 8.55. The van der Waals surface area contributed by atoms with Gasteiger partial charge in [0, 0.05) is 0 Å². The van der Waals surface area contributed by atoms with Gasteiger partial charge < -0.3 is 0 Å². The van der Waals surface area contributed by atoms with Gasteiger partial charge in [0.25, 0.3) is 0 Å². The maximum absolute atomic E-state index is 2.25. The van der Waals surface area contributed by atoms with E-state index in [1.54, 1.807) is 0 Å². The number of hydrogen-bond acceptors (Lipinski definition) is 0. The molecule has 0 fully saturated rings. The molecule has 0 aliphatic carbocycles. The van der Waals surface area contributed by atoms with Gasteiger partial charge in [0.15, 0.2) is 0 Å². The third-order valence-corrected chi connectivity index (χ3v) is 2.95. The Morgan fingerprint density at radius 2 is 1.58 bits per heavy atom. The molecule has 12 heavy (non-hydrogen) atoms. The quantitative estimate of drug-likeness (QED) is 0.681. The zero-order valence-electron chi connectivity index (χ0n) is 6.87. The molecular formula is C11H9Po. The molecule has 0 nitrogen and oxygen atoms in total. The van der Waals surface area contributed by atoms with E-state index in [4.69, 9.17) is 0 Å². The van der Waals surface area contributed by atoms with E-state index in [-0.39, 0.29) is 0 Å². The van der Waals surface area contributed by atoms with Gasteiger partial charge in [-0.1, -0.05) is 0 Å². The van der Waals surface area contributed by atoms with Crippen LogP contribution in [0, 0.1) is 6.92 Å². The van der Waals surface area contributed by atoms with E-state index >= 15 is 0 Å². The van der Waals surface area contributed by atoms with Gasteiger partial charge in [-0.2, -0.15) is 0 Å². The van der Waals surface area contributed by atoms with Crippen LogP contribution in [0.5, 0.6) is 0 Å². The minimum atomic E-state index is 1.33. The Hall–Kier alpha value is -0.404. The van der Waals surface area contributed by atoms with Gasteiger partial charge in [0.05, 0.1) is 0 Å². The van der Waals surface area contributed by atoms with E-state index in [9.17, 15) is 0 Å². The van der Waals surface area contributed by atoms with Crippen molar-refractivity contribution >= 4 is 39.1 Å². The summed E-state index contributed by atoms with van der Waals surface area (Å²) in [5, 5.41) is 2.70. The molecule has 0 unspecified atom stereocenters. The van der Waals surface area contributed by atoms with Crippen LogP contribution < -0.4 is 3.22 Å². The number of hydrogen-bond donors (Lipinski definition) is 0. The summed E-state index contributed by atoms with van der Waals surface area (Å²) >= 11 is 1.53. The fraction of sp³-hybridized carbons (Fsp3) is 0.0909. The molecule has 0 amide bonds. The number of benzene rings is 2. The van der Waals surface area contributed by atoms with Gasteiger partial charge in [-0.05, 0) is 0 Å². The van der Waals surface area contributed by atoms with E-state index in [1.165, 1.54) is 44.6 Å². The third kappa shape index (κ3) is 1.52. The van der Waals surface area contributed by atoms with Crippen LogP contribution >= 0.6 is 0 Å². The summed E-state index contributed by atoms with van der Waals surface area (Å²) in [7, 11) is 0. The van der Waals surface area contributed by atoms with Gasteiger partial charge in [-0.15, -0.1) is 0 Å². The van der Waals surface area contributed by atoms with Crippen molar-refractivity contribution in [2.75, 3.05) is 0 Å². The Kier molecular flexibility index (Phi) is 2.16. The van der Waals surface area contributed by atoms with Gasteiger partial charge >= 0.3 is 87.9 Å². The van der Waals surface area contributed by atoms with E-state index in [1.807, 2.05) is 0 Å². The maximum atomic E-state index is 2.25. The van der Waals surface area contributed by atoms with Crippen LogP contribution in [0.1, 0.15) is 5.56 Å². The molecule has 0 aliphatic heterocycles. The van der Waals surface area contributed by atoms with E-state index in [2.05, 4.69) is 43.3 Å². The first-order chi connectivity index (χ1) is 5.75. The molecule has 0 aromatic heterocycles. The zero-order valence-corrected chi connectivity index (χ0v) is 10.0. The Morgan fingerprint density at radius 1 is 0.917 bits per heavy atom. The van der Waals surface area contributed by atoms with Crippen molar-refractivity contribution in [1.29, 1.82) is 0 Å². The topological polar surface area (TPSA) is 0 Å². The van der Waals surface area contributed by atoms with Crippen LogP contribution in [0.15, 0.2) is 36.4 Å². The summed E-state index contributed by atoms with van der Waals surface area (Å²) < 4.78 is 1.41. The second kappa shape index (κ2) is 3.15. The molecule has 0 aliphatic rings. The molecule has 59 valence electrons. The first kappa shape index (κ1) is 8.21. The molecule has 0 saturated carbocycles. The third-order valence-electron chi connectivity index (χ3n) is 1.97. The summed E-state index contributed by atoms with van der Waals surface area (Å²) in [4.78, 5) is 0. The molecule has 2 aromatic carbocycles. The van der Waals surface area contributed by atoms with Crippen LogP contribution in [-0.2, 0) is 0 Å². The van der Waals surface area contributed by atoms with Crippen molar-refractivity contribution in [2.45, 2.75) is 6.92 Å². The number of aryl methyl sites for hydroxylation is 1. The molecule has 2 aromatic rings. The van der Waals surface area contributed by atoms with Crippen molar-refractivity contribution in [3.05, 3.63) is 42.0 Å². The number of fused-ring (bicyclic) bond motifs is 1. The molecule has 0 spiro atoms. The van der Waals surface area contributed by atoms with Crippen molar-refractivity contribution in [3.8, 4) is 0 Å². The van der Waals surface area contributed by atoms with Crippen LogP contribution in [-0.4, -0.2) is 25.1 Å². The van der Waals surface area contributed by atoms with Gasteiger partial charge in [-0.3, -0.25) is 0 Å². The summed E-state index contributed by atoms with van der Waals surface area (Å²) in [6.45, 7) is 2.13. The van der Waals surface area contributed by atoms with Crippen LogP contribution in [0.3, 0.4) is 0 Å². The molecule has 1 heteroatoms. The summed E-state index contributed by atoms with van der Waals surface area (Å²) in [6.07, 6.45) is 0. The van der Waals surface area contributed by atoms with Crippen LogP contribution in [0.2, 0.25) is 0 Å². The normalized spacial score (nSPS) is 10.4. The predicted octanol–water partition coefficient (Wildman–Crippen LogP) is 1.94. The standard InChI is InChI=1S/C11H9.Po/c1-9-6-7-10-4-2-3-5-11(10)8-9;/h3-8H,1H3;. The Morgan fingerprint density at radius 3 is 2.42 bits per heavy atom. The molecule has 1 radical (unpaired) electrons. The van der Waals surface area contributed by atoms with Gasteiger partial charge in [0.1, 0.15) is 0 Å². The second-order valence-corrected chi connectivity index (χ2v) is 4.84. The van der Waals surface area contributed by atoms with Crippen LogP contribution in [0.4, 0.5) is 0 Å². The van der Waals surface area contributed by atoms with E-state index in [0.29, 0.717) is 0 Å². The molecule has 2 rings (SSSR count). The average molecular weight is 350 g/mol. The minimum absolute atomic E-state index is 1.33. The van der Waals surface area contributed by atoms with E-state index < -0.39 is 0 Å². The second-order valence-electron chi connectivity index (χ2n) is 3.01. The molecule has 0 N–H and O–H groups in total. The van der Waals surface area contributed by atoms with Crippen molar-refractivity contribution in [1.82, 2.24) is 0 Å². The van der Waals surface area contributed by atoms with E-state index in [0.717, 1.165) is 0 Å². The molecule has 0 heterocycles. The molecular weight excluding hydrogens is 341 g/mol. The Labute approximate surface area is 87.7 Å². The van der Waals surface area contributed by atoms with Crippen molar-refractivity contribution < 1.29 is 0 Å². The SMILES string of the molecule is Cc1ccc2c[c]([Po])ccc2c1. The monoisotopic (exact) mass is 350 g/mol. The van der Waals surface area contributed by atoms with Crippen LogP contribution in [0.25, 0.3) is 10.8 Å². The fourth-order valence-corrected chi connectivity index (χ4v) is 2.10. The predicted molar refractivity (Wildman–Crippen MR) is 54.1 cm³/mol. The fourth-order valence-electron chi connectivity index (χ4n) is 1.34. The van der Waals surface area contributed by atoms with Gasteiger partial charge in [0.2, 0.25) is 0 Å². The first-order valence-electron chi connectivity index (χ1n) is 3.93. The molecule has 0 saturated heterocycles. The summed E-state index contributed by atoms with van der Waals surface area (Å²) in [6, 6.07) is 13.2. The van der Waals surface area contributed by atoms with Gasteiger partial charge in [-0.25, -0.2) is 0 Å². The average Bonchev–Trinajstić information content (AvgIpc) is 2.05. The molecule has 0 bridgehead atoms. The summed E-state index contributed by atoms with van der Waals surface area (Å²) in [5.41, 5.74) is 1.33. The Balaban J connectivity index is 2.79. The number of rotatable bonds is 0. The Bertz CT molecular complexity index is 377. The summed E-state index contributed by atoms with van der Waals surface area (Å²) in [5.74, 6) is 0.